The smallest absolute Gasteiger partial charge is 0.507 e. The van der Waals surface area contributed by atoms with Gasteiger partial charge in [0.05, 0.1) is 14.2 Å². The Balaban J connectivity index is 0.000000322. The van der Waals surface area contributed by atoms with Gasteiger partial charge < -0.3 is 19.7 Å². The third-order valence-electron chi connectivity index (χ3n) is 3.35. The number of rotatable bonds is 0. The summed E-state index contributed by atoms with van der Waals surface area (Å²) in [7, 11) is 2.51. The first-order chi connectivity index (χ1) is 12.6. The summed E-state index contributed by atoms with van der Waals surface area (Å²) in [5, 5.41) is 17.3. The topological polar surface area (TPSA) is 76.0 Å². The summed E-state index contributed by atoms with van der Waals surface area (Å²) in [6.07, 6.45) is 8.34. The van der Waals surface area contributed by atoms with Gasteiger partial charge in [0.1, 0.15) is 11.5 Å². The van der Waals surface area contributed by atoms with E-state index in [0.717, 1.165) is 0 Å². The summed E-state index contributed by atoms with van der Waals surface area (Å²) in [5.41, 5.74) is 0. The van der Waals surface area contributed by atoms with Crippen molar-refractivity contribution in [2.24, 2.45) is 0 Å². The van der Waals surface area contributed by atoms with Gasteiger partial charge in [-0.2, -0.15) is 0 Å². The van der Waals surface area contributed by atoms with E-state index < -0.39 is 6.16 Å². The molecule has 0 saturated heterocycles. The lowest BCUT2D eigenvalue weighted by molar-refractivity contribution is 0.0924. The Labute approximate surface area is 156 Å². The Morgan fingerprint density at radius 3 is 1.04 bits per heavy atom. The van der Waals surface area contributed by atoms with Gasteiger partial charge in [0.25, 0.3) is 0 Å². The molecule has 5 heteroatoms. The Morgan fingerprint density at radius 1 is 0.654 bits per heavy atom. The van der Waals surface area contributed by atoms with E-state index in [0.29, 0.717) is 11.5 Å². The minimum atomic E-state index is -0.657. The van der Waals surface area contributed by atoms with Crippen LogP contribution in [-0.2, 0) is 9.47 Å². The normalized spacial score (nSPS) is 11.8. The van der Waals surface area contributed by atoms with Crippen molar-refractivity contribution in [1.82, 2.24) is 0 Å². The zero-order chi connectivity index (χ0) is 19.5. The first-order valence-electron chi connectivity index (χ1n) is 8.70. The SMILES string of the molecule is C1CCCCC1.COC(=O)OC.Oc1ccccc1.Oc1ccccc1. The average molecular weight is 362 g/mol. The van der Waals surface area contributed by atoms with Crippen LogP contribution in [0.2, 0.25) is 0 Å². The number of aromatic hydroxyl groups is 2. The van der Waals surface area contributed by atoms with Crippen molar-refractivity contribution in [3.8, 4) is 11.5 Å². The number of phenolic OH excluding ortho intramolecular Hbond substituents is 2. The largest absolute Gasteiger partial charge is 0.508 e. The van der Waals surface area contributed by atoms with Gasteiger partial charge in [0, 0.05) is 0 Å². The maximum absolute atomic E-state index is 9.74. The van der Waals surface area contributed by atoms with Crippen molar-refractivity contribution in [3.05, 3.63) is 60.7 Å². The maximum Gasteiger partial charge on any atom is 0.507 e. The van der Waals surface area contributed by atoms with Crippen LogP contribution >= 0.6 is 0 Å². The summed E-state index contributed by atoms with van der Waals surface area (Å²) in [6.45, 7) is 0. The van der Waals surface area contributed by atoms with Crippen LogP contribution in [0.25, 0.3) is 0 Å². The zero-order valence-corrected chi connectivity index (χ0v) is 15.6. The molecule has 0 heterocycles. The first kappa shape index (κ1) is 23.3. The highest BCUT2D eigenvalue weighted by Gasteiger charge is 1.95. The molecule has 2 aromatic carbocycles. The molecule has 0 radical (unpaired) electrons. The van der Waals surface area contributed by atoms with Crippen molar-refractivity contribution in [2.75, 3.05) is 14.2 Å². The second kappa shape index (κ2) is 17.1. The van der Waals surface area contributed by atoms with E-state index in [1.807, 2.05) is 12.1 Å². The van der Waals surface area contributed by atoms with E-state index in [2.05, 4.69) is 9.47 Å². The number of hydrogen-bond donors (Lipinski definition) is 2. The van der Waals surface area contributed by atoms with Gasteiger partial charge in [-0.25, -0.2) is 4.79 Å². The minimum absolute atomic E-state index is 0.322. The molecule has 1 aliphatic rings. The summed E-state index contributed by atoms with van der Waals surface area (Å²) in [5.74, 6) is 0.644. The van der Waals surface area contributed by atoms with Gasteiger partial charge in [-0.05, 0) is 24.3 Å². The quantitative estimate of drug-likeness (QED) is 0.603. The zero-order valence-electron chi connectivity index (χ0n) is 15.6. The predicted molar refractivity (Wildman–Crippen MR) is 103 cm³/mol. The second-order valence-electron chi connectivity index (χ2n) is 5.45. The van der Waals surface area contributed by atoms with Crippen LogP contribution in [0.3, 0.4) is 0 Å². The molecule has 0 aliphatic heterocycles. The molecule has 1 saturated carbocycles. The van der Waals surface area contributed by atoms with E-state index in [4.69, 9.17) is 10.2 Å². The van der Waals surface area contributed by atoms with Crippen LogP contribution in [0, 0.1) is 0 Å². The fraction of sp³-hybridized carbons (Fsp3) is 0.381. The Hall–Kier alpha value is -2.69. The highest BCUT2D eigenvalue weighted by Crippen LogP contribution is 2.15. The monoisotopic (exact) mass is 362 g/mol. The molecule has 2 aromatic rings. The fourth-order valence-electron chi connectivity index (χ4n) is 2.00. The molecule has 3 rings (SSSR count). The molecule has 1 fully saturated rings. The lowest BCUT2D eigenvalue weighted by Gasteiger charge is -2.05. The van der Waals surface area contributed by atoms with Gasteiger partial charge >= 0.3 is 6.16 Å². The number of para-hydroxylation sites is 2. The van der Waals surface area contributed by atoms with Gasteiger partial charge in [0.2, 0.25) is 0 Å². The van der Waals surface area contributed by atoms with Gasteiger partial charge in [-0.15, -0.1) is 0 Å². The fourth-order valence-corrected chi connectivity index (χ4v) is 2.00. The van der Waals surface area contributed by atoms with E-state index in [1.165, 1.54) is 52.7 Å². The molecule has 0 bridgehead atoms. The summed E-state index contributed by atoms with van der Waals surface area (Å²) in [6, 6.07) is 17.4. The first-order valence-corrected chi connectivity index (χ1v) is 8.70. The number of carbonyl (C=O) groups is 1. The van der Waals surface area contributed by atoms with Crippen LogP contribution in [0.4, 0.5) is 4.79 Å². The summed E-state index contributed by atoms with van der Waals surface area (Å²) in [4.78, 5) is 9.74. The molecule has 0 spiro atoms. The standard InChI is InChI=1S/2C6H6O.C6H12.C3H6O3/c2*7-6-4-2-1-3-5-6;1-2-4-6-5-3-1;1-5-3(4)6-2/h2*1-5,7H;1-6H2;1-2H3. The van der Waals surface area contributed by atoms with E-state index in [9.17, 15) is 4.79 Å². The molecule has 26 heavy (non-hydrogen) atoms. The average Bonchev–Trinajstić information content (AvgIpc) is 2.71. The molecule has 144 valence electrons. The summed E-state index contributed by atoms with van der Waals surface area (Å²) >= 11 is 0. The Kier molecular flexibility index (Phi) is 15.4. The molecule has 1 aliphatic carbocycles. The number of ether oxygens (including phenoxy) is 2. The number of methoxy groups -OCH3 is 2. The second-order valence-corrected chi connectivity index (χ2v) is 5.45. The molecular formula is C21H30O5. The molecule has 0 unspecified atom stereocenters. The van der Waals surface area contributed by atoms with Crippen LogP contribution in [0.15, 0.2) is 60.7 Å². The summed E-state index contributed by atoms with van der Waals surface area (Å²) < 4.78 is 8.08. The van der Waals surface area contributed by atoms with Crippen LogP contribution in [0.1, 0.15) is 38.5 Å². The van der Waals surface area contributed by atoms with Crippen LogP contribution < -0.4 is 0 Å². The van der Waals surface area contributed by atoms with Crippen LogP contribution in [-0.4, -0.2) is 30.6 Å². The van der Waals surface area contributed by atoms with E-state index >= 15 is 0 Å². The molecule has 0 aromatic heterocycles. The van der Waals surface area contributed by atoms with Gasteiger partial charge in [-0.1, -0.05) is 74.9 Å². The lowest BCUT2D eigenvalue weighted by atomic mass is 10.0. The van der Waals surface area contributed by atoms with Crippen molar-refractivity contribution < 1.29 is 24.5 Å². The Morgan fingerprint density at radius 2 is 0.923 bits per heavy atom. The molecule has 2 N–H and O–H groups in total. The van der Waals surface area contributed by atoms with Crippen molar-refractivity contribution >= 4 is 6.16 Å². The highest BCUT2D eigenvalue weighted by molar-refractivity contribution is 5.59. The van der Waals surface area contributed by atoms with Gasteiger partial charge in [-0.3, -0.25) is 0 Å². The molecule has 5 nitrogen and oxygen atoms in total. The number of phenols is 2. The van der Waals surface area contributed by atoms with Crippen molar-refractivity contribution in [1.29, 1.82) is 0 Å². The van der Waals surface area contributed by atoms with Crippen molar-refractivity contribution in [2.45, 2.75) is 38.5 Å². The highest BCUT2D eigenvalue weighted by atomic mass is 16.7. The van der Waals surface area contributed by atoms with E-state index in [-0.39, 0.29) is 0 Å². The predicted octanol–water partition coefficient (Wildman–Crippen LogP) is 5.52. The van der Waals surface area contributed by atoms with E-state index in [1.54, 1.807) is 48.5 Å². The van der Waals surface area contributed by atoms with Crippen LogP contribution in [0.5, 0.6) is 11.5 Å². The molecular weight excluding hydrogens is 332 g/mol. The van der Waals surface area contributed by atoms with Crippen molar-refractivity contribution in [3.63, 3.8) is 0 Å². The maximum atomic E-state index is 9.74. The third kappa shape index (κ3) is 16.2. The van der Waals surface area contributed by atoms with Gasteiger partial charge in [0.15, 0.2) is 0 Å². The Bertz CT molecular complexity index is 484. The number of carbonyl (C=O) groups excluding carboxylic acids is 1. The molecule has 0 atom stereocenters. The minimum Gasteiger partial charge on any atom is -0.508 e. The third-order valence-corrected chi connectivity index (χ3v) is 3.35. The number of benzene rings is 2. The molecule has 0 amide bonds. The lowest BCUT2D eigenvalue weighted by Crippen LogP contribution is -1.97. The number of hydrogen-bond acceptors (Lipinski definition) is 5.